The number of ketones is 1. The van der Waals surface area contributed by atoms with Gasteiger partial charge in [-0.1, -0.05) is 34.1 Å². The smallest absolute Gasteiger partial charge is 0.164 e. The van der Waals surface area contributed by atoms with E-state index in [9.17, 15) is 4.79 Å². The van der Waals surface area contributed by atoms with E-state index >= 15 is 0 Å². The van der Waals surface area contributed by atoms with Gasteiger partial charge in [-0.05, 0) is 26.7 Å². The molecule has 0 spiro atoms. The summed E-state index contributed by atoms with van der Waals surface area (Å²) in [4.78, 5) is 11.9. The van der Waals surface area contributed by atoms with E-state index in [4.69, 9.17) is 4.74 Å². The van der Waals surface area contributed by atoms with Gasteiger partial charge in [0.2, 0.25) is 0 Å². The zero-order chi connectivity index (χ0) is 12.1. The van der Waals surface area contributed by atoms with Crippen LogP contribution >= 0.6 is 0 Å². The second kappa shape index (κ2) is 6.26. The van der Waals surface area contributed by atoms with E-state index < -0.39 is 0 Å². The standard InChI is InChI=1S/C13H26O2/c1-7-9-11(12(14)10(3)4)15-13(5,6)8-2/h10-11H,7-9H2,1-6H3/t11-/m1/s1. The Morgan fingerprint density at radius 2 is 1.80 bits per heavy atom. The first kappa shape index (κ1) is 14.6. The minimum Gasteiger partial charge on any atom is -0.365 e. The number of carbonyl (C=O) groups is 1. The second-order valence-corrected chi connectivity index (χ2v) is 5.07. The fraction of sp³-hybridized carbons (Fsp3) is 0.923. The maximum absolute atomic E-state index is 11.9. The lowest BCUT2D eigenvalue weighted by Gasteiger charge is -2.30. The Morgan fingerprint density at radius 3 is 2.13 bits per heavy atom. The number of hydrogen-bond acceptors (Lipinski definition) is 2. The zero-order valence-corrected chi connectivity index (χ0v) is 11.1. The van der Waals surface area contributed by atoms with Crippen molar-refractivity contribution in [2.75, 3.05) is 0 Å². The minimum absolute atomic E-state index is 0.0641. The summed E-state index contributed by atoms with van der Waals surface area (Å²) in [6.07, 6.45) is 2.53. The van der Waals surface area contributed by atoms with Crippen molar-refractivity contribution in [3.63, 3.8) is 0 Å². The number of Topliss-reactive ketones (excluding diaryl/α,β-unsaturated/α-hetero) is 1. The molecule has 0 aliphatic heterocycles. The summed E-state index contributed by atoms with van der Waals surface area (Å²) < 4.78 is 5.90. The number of carbonyl (C=O) groups excluding carboxylic acids is 1. The Morgan fingerprint density at radius 1 is 1.27 bits per heavy atom. The van der Waals surface area contributed by atoms with E-state index in [-0.39, 0.29) is 23.4 Å². The number of rotatable bonds is 7. The average molecular weight is 214 g/mol. The lowest BCUT2D eigenvalue weighted by molar-refractivity contribution is -0.146. The largest absolute Gasteiger partial charge is 0.365 e. The van der Waals surface area contributed by atoms with Crippen LogP contribution in [0.5, 0.6) is 0 Å². The molecular weight excluding hydrogens is 188 g/mol. The maximum Gasteiger partial charge on any atom is 0.164 e. The Hall–Kier alpha value is -0.370. The van der Waals surface area contributed by atoms with Crippen molar-refractivity contribution < 1.29 is 9.53 Å². The molecule has 0 aromatic carbocycles. The van der Waals surface area contributed by atoms with E-state index in [1.165, 1.54) is 0 Å². The molecule has 0 aromatic heterocycles. The van der Waals surface area contributed by atoms with Crippen LogP contribution in [-0.4, -0.2) is 17.5 Å². The third-order valence-electron chi connectivity index (χ3n) is 2.75. The first-order valence-corrected chi connectivity index (χ1v) is 6.05. The molecule has 1 atom stereocenters. The highest BCUT2D eigenvalue weighted by Gasteiger charge is 2.27. The van der Waals surface area contributed by atoms with Gasteiger partial charge in [0.15, 0.2) is 5.78 Å². The van der Waals surface area contributed by atoms with Crippen LogP contribution in [0.1, 0.15) is 60.8 Å². The summed E-state index contributed by atoms with van der Waals surface area (Å²) in [5.41, 5.74) is -0.190. The first-order chi connectivity index (χ1) is 6.84. The lowest BCUT2D eigenvalue weighted by atomic mass is 9.98. The first-order valence-electron chi connectivity index (χ1n) is 6.05. The van der Waals surface area contributed by atoms with Gasteiger partial charge in [0.05, 0.1) is 5.60 Å². The van der Waals surface area contributed by atoms with Gasteiger partial charge in [-0.15, -0.1) is 0 Å². The predicted octanol–water partition coefficient (Wildman–Crippen LogP) is 3.59. The van der Waals surface area contributed by atoms with Crippen molar-refractivity contribution in [3.8, 4) is 0 Å². The number of hydrogen-bond donors (Lipinski definition) is 0. The molecule has 0 amide bonds. The van der Waals surface area contributed by atoms with Crippen molar-refractivity contribution in [3.05, 3.63) is 0 Å². The van der Waals surface area contributed by atoms with Crippen molar-refractivity contribution in [1.29, 1.82) is 0 Å². The van der Waals surface area contributed by atoms with E-state index in [2.05, 4.69) is 13.8 Å². The molecule has 2 nitrogen and oxygen atoms in total. The van der Waals surface area contributed by atoms with Gasteiger partial charge in [0, 0.05) is 5.92 Å². The summed E-state index contributed by atoms with van der Waals surface area (Å²) in [6.45, 7) is 12.1. The Labute approximate surface area is 94.4 Å². The van der Waals surface area contributed by atoms with Crippen molar-refractivity contribution in [1.82, 2.24) is 0 Å². The van der Waals surface area contributed by atoms with E-state index in [1.807, 2.05) is 27.7 Å². The molecule has 0 aliphatic rings. The van der Waals surface area contributed by atoms with Crippen LogP contribution in [0.2, 0.25) is 0 Å². The molecule has 0 unspecified atom stereocenters. The third-order valence-corrected chi connectivity index (χ3v) is 2.75. The molecule has 15 heavy (non-hydrogen) atoms. The van der Waals surface area contributed by atoms with Crippen molar-refractivity contribution in [2.24, 2.45) is 5.92 Å². The minimum atomic E-state index is -0.218. The second-order valence-electron chi connectivity index (χ2n) is 5.07. The summed E-state index contributed by atoms with van der Waals surface area (Å²) in [5.74, 6) is 0.299. The summed E-state index contributed by atoms with van der Waals surface area (Å²) >= 11 is 0. The lowest BCUT2D eigenvalue weighted by Crippen LogP contribution is -2.36. The van der Waals surface area contributed by atoms with Crippen molar-refractivity contribution >= 4 is 5.78 Å². The molecule has 0 rings (SSSR count). The Kier molecular flexibility index (Phi) is 6.11. The normalized spacial score (nSPS) is 14.3. The Bertz CT molecular complexity index is 195. The van der Waals surface area contributed by atoms with Crippen LogP contribution in [0.15, 0.2) is 0 Å². The van der Waals surface area contributed by atoms with E-state index in [1.54, 1.807) is 0 Å². The van der Waals surface area contributed by atoms with Gasteiger partial charge >= 0.3 is 0 Å². The summed E-state index contributed by atoms with van der Waals surface area (Å²) in [6, 6.07) is 0. The van der Waals surface area contributed by atoms with Gasteiger partial charge < -0.3 is 4.74 Å². The molecule has 0 aromatic rings. The van der Waals surface area contributed by atoms with Gasteiger partial charge in [-0.3, -0.25) is 4.79 Å². The van der Waals surface area contributed by atoms with Crippen LogP contribution < -0.4 is 0 Å². The number of ether oxygens (including phenoxy) is 1. The molecule has 2 heteroatoms. The molecule has 0 bridgehead atoms. The molecule has 90 valence electrons. The van der Waals surface area contributed by atoms with Crippen molar-refractivity contribution in [2.45, 2.75) is 72.5 Å². The molecule has 0 N–H and O–H groups in total. The van der Waals surface area contributed by atoms with Crippen LogP contribution in [-0.2, 0) is 9.53 Å². The topological polar surface area (TPSA) is 26.3 Å². The molecule has 0 aliphatic carbocycles. The predicted molar refractivity (Wildman–Crippen MR) is 64.0 cm³/mol. The van der Waals surface area contributed by atoms with E-state index in [0.717, 1.165) is 19.3 Å². The van der Waals surface area contributed by atoms with E-state index in [0.29, 0.717) is 0 Å². The van der Waals surface area contributed by atoms with Crippen LogP contribution in [0, 0.1) is 5.92 Å². The van der Waals surface area contributed by atoms with Gasteiger partial charge in [0.1, 0.15) is 6.10 Å². The molecule has 0 heterocycles. The molecule has 0 radical (unpaired) electrons. The van der Waals surface area contributed by atoms with Gasteiger partial charge in [-0.25, -0.2) is 0 Å². The molecule has 0 saturated carbocycles. The van der Waals surface area contributed by atoms with Gasteiger partial charge in [-0.2, -0.15) is 0 Å². The quantitative estimate of drug-likeness (QED) is 0.647. The maximum atomic E-state index is 11.9. The molecule has 0 saturated heterocycles. The fourth-order valence-corrected chi connectivity index (χ4v) is 1.36. The average Bonchev–Trinajstić information content (AvgIpc) is 2.15. The fourth-order valence-electron chi connectivity index (χ4n) is 1.36. The zero-order valence-electron chi connectivity index (χ0n) is 11.1. The summed E-state index contributed by atoms with van der Waals surface area (Å²) in [5, 5.41) is 0. The molecule has 0 fully saturated rings. The van der Waals surface area contributed by atoms with Crippen LogP contribution in [0.4, 0.5) is 0 Å². The monoisotopic (exact) mass is 214 g/mol. The highest BCUT2D eigenvalue weighted by molar-refractivity contribution is 5.84. The van der Waals surface area contributed by atoms with Crippen LogP contribution in [0.25, 0.3) is 0 Å². The molecular formula is C13H26O2. The van der Waals surface area contributed by atoms with Crippen LogP contribution in [0.3, 0.4) is 0 Å². The SMILES string of the molecule is CCC[C@@H](OC(C)(C)CC)C(=O)C(C)C. The highest BCUT2D eigenvalue weighted by Crippen LogP contribution is 2.21. The highest BCUT2D eigenvalue weighted by atomic mass is 16.5. The van der Waals surface area contributed by atoms with Gasteiger partial charge in [0.25, 0.3) is 0 Å². The Balaban J connectivity index is 4.47. The third kappa shape index (κ3) is 5.31. The summed E-state index contributed by atoms with van der Waals surface area (Å²) in [7, 11) is 0.